The molecule has 3 rings (SSSR count). The molecule has 0 aliphatic rings. The number of amides is 1. The number of methoxy groups -OCH3 is 1. The van der Waals surface area contributed by atoms with Crippen molar-refractivity contribution in [3.8, 4) is 5.75 Å². The van der Waals surface area contributed by atoms with Gasteiger partial charge in [-0.15, -0.1) is 11.3 Å². The summed E-state index contributed by atoms with van der Waals surface area (Å²) in [4.78, 5) is 12.7. The summed E-state index contributed by atoms with van der Waals surface area (Å²) in [6.45, 7) is 0. The lowest BCUT2D eigenvalue weighted by Gasteiger charge is -1.98. The van der Waals surface area contributed by atoms with E-state index in [4.69, 9.17) is 27.9 Å². The first-order valence-electron chi connectivity index (χ1n) is 6.93. The number of thiophene rings is 1. The summed E-state index contributed by atoms with van der Waals surface area (Å²) in [7, 11) is 1.59. The number of nitrogens with zero attached hydrogens (tertiary/aromatic N) is 1. The molecule has 7 heteroatoms. The van der Waals surface area contributed by atoms with Crippen LogP contribution in [0, 0.1) is 0 Å². The molecule has 0 unspecified atom stereocenters. The van der Waals surface area contributed by atoms with Crippen molar-refractivity contribution in [2.75, 3.05) is 7.11 Å². The molecule has 0 aliphatic carbocycles. The Morgan fingerprint density at radius 2 is 1.96 bits per heavy atom. The maximum absolute atomic E-state index is 12.3. The van der Waals surface area contributed by atoms with Crippen LogP contribution in [-0.4, -0.2) is 19.2 Å². The van der Waals surface area contributed by atoms with Crippen LogP contribution in [0.3, 0.4) is 0 Å². The number of carbonyl (C=O) groups excluding carboxylic acids is 1. The minimum Gasteiger partial charge on any atom is -0.497 e. The highest BCUT2D eigenvalue weighted by atomic mass is 35.5. The van der Waals surface area contributed by atoms with Crippen molar-refractivity contribution in [1.82, 2.24) is 5.43 Å². The molecule has 1 aromatic heterocycles. The Hall–Kier alpha value is -2.08. The second kappa shape index (κ2) is 7.21. The monoisotopic (exact) mass is 378 g/mol. The molecular formula is C17H12Cl2N2O2S. The van der Waals surface area contributed by atoms with Gasteiger partial charge in [-0.3, -0.25) is 4.79 Å². The molecule has 0 radical (unpaired) electrons. The van der Waals surface area contributed by atoms with Gasteiger partial charge in [0.05, 0.1) is 18.3 Å². The van der Waals surface area contributed by atoms with Gasteiger partial charge in [-0.25, -0.2) is 5.43 Å². The van der Waals surface area contributed by atoms with Gasteiger partial charge in [-0.1, -0.05) is 35.3 Å². The summed E-state index contributed by atoms with van der Waals surface area (Å²) in [6, 6.07) is 12.6. The molecule has 3 aromatic rings. The fourth-order valence-corrected chi connectivity index (χ4v) is 3.64. The molecule has 1 heterocycles. The van der Waals surface area contributed by atoms with E-state index in [1.807, 2.05) is 12.1 Å². The molecule has 4 nitrogen and oxygen atoms in total. The van der Waals surface area contributed by atoms with Crippen LogP contribution in [0.25, 0.3) is 10.1 Å². The van der Waals surface area contributed by atoms with Gasteiger partial charge in [0, 0.05) is 15.1 Å². The summed E-state index contributed by atoms with van der Waals surface area (Å²) in [5.41, 5.74) is 3.31. The summed E-state index contributed by atoms with van der Waals surface area (Å²) in [5, 5.41) is 5.82. The van der Waals surface area contributed by atoms with Gasteiger partial charge in [0.15, 0.2) is 0 Å². The van der Waals surface area contributed by atoms with Crippen molar-refractivity contribution >= 4 is 56.7 Å². The van der Waals surface area contributed by atoms with Crippen LogP contribution in [0.15, 0.2) is 47.6 Å². The number of rotatable bonds is 4. The zero-order chi connectivity index (χ0) is 17.1. The van der Waals surface area contributed by atoms with Crippen LogP contribution < -0.4 is 10.2 Å². The third-order valence-corrected chi connectivity index (χ3v) is 5.20. The molecule has 2 aromatic carbocycles. The highest BCUT2D eigenvalue weighted by Crippen LogP contribution is 2.37. The minimum absolute atomic E-state index is 0.356. The first-order valence-corrected chi connectivity index (χ1v) is 8.51. The lowest BCUT2D eigenvalue weighted by atomic mass is 10.2. The fourth-order valence-electron chi connectivity index (χ4n) is 2.08. The van der Waals surface area contributed by atoms with Crippen LogP contribution in [0.4, 0.5) is 0 Å². The Morgan fingerprint density at radius 3 is 2.67 bits per heavy atom. The first kappa shape index (κ1) is 16.8. The number of nitrogens with one attached hydrogen (secondary N) is 1. The summed E-state index contributed by atoms with van der Waals surface area (Å²) < 4.78 is 6.07. The van der Waals surface area contributed by atoms with Gasteiger partial charge in [-0.05, 0) is 35.9 Å². The van der Waals surface area contributed by atoms with Crippen molar-refractivity contribution in [3.05, 3.63) is 63.0 Å². The van der Waals surface area contributed by atoms with E-state index >= 15 is 0 Å². The molecule has 122 valence electrons. The van der Waals surface area contributed by atoms with Crippen LogP contribution in [0.2, 0.25) is 10.0 Å². The lowest BCUT2D eigenvalue weighted by Crippen LogP contribution is -2.16. The smallest absolute Gasteiger partial charge is 0.283 e. The molecule has 24 heavy (non-hydrogen) atoms. The van der Waals surface area contributed by atoms with Crippen molar-refractivity contribution < 1.29 is 9.53 Å². The molecule has 0 spiro atoms. The molecule has 0 saturated heterocycles. The molecule has 0 bridgehead atoms. The summed E-state index contributed by atoms with van der Waals surface area (Å²) in [6.07, 6.45) is 1.54. The molecule has 0 atom stereocenters. The largest absolute Gasteiger partial charge is 0.497 e. The third kappa shape index (κ3) is 3.53. The van der Waals surface area contributed by atoms with Gasteiger partial charge in [-0.2, -0.15) is 5.10 Å². The summed E-state index contributed by atoms with van der Waals surface area (Å²) >= 11 is 13.4. The average Bonchev–Trinajstić information content (AvgIpc) is 2.93. The fraction of sp³-hybridized carbons (Fsp3) is 0.0588. The predicted octanol–water partition coefficient (Wildman–Crippen LogP) is 4.98. The number of hydrogen-bond acceptors (Lipinski definition) is 4. The number of carbonyl (C=O) groups is 1. The number of halogens is 2. The Bertz CT molecular complexity index is 920. The SMILES string of the molecule is COc1ccc2c(Cl)c(C(=O)NN=Cc3ccc(Cl)cc3)sc2c1. The van der Waals surface area contributed by atoms with E-state index in [0.717, 1.165) is 15.6 Å². The Morgan fingerprint density at radius 1 is 1.21 bits per heavy atom. The van der Waals surface area contributed by atoms with Crippen LogP contribution in [0.5, 0.6) is 5.75 Å². The Balaban J connectivity index is 1.78. The maximum Gasteiger partial charge on any atom is 0.283 e. The van der Waals surface area contributed by atoms with Crippen molar-refractivity contribution in [1.29, 1.82) is 0 Å². The molecule has 1 amide bonds. The highest BCUT2D eigenvalue weighted by molar-refractivity contribution is 7.21. The van der Waals surface area contributed by atoms with Gasteiger partial charge < -0.3 is 4.74 Å². The summed E-state index contributed by atoms with van der Waals surface area (Å²) in [5.74, 6) is 0.360. The minimum atomic E-state index is -0.356. The average molecular weight is 379 g/mol. The van der Waals surface area contributed by atoms with Crippen molar-refractivity contribution in [2.24, 2.45) is 5.10 Å². The Kier molecular flexibility index (Phi) is 5.04. The first-order chi connectivity index (χ1) is 11.6. The van der Waals surface area contributed by atoms with Crippen molar-refractivity contribution in [3.63, 3.8) is 0 Å². The van der Waals surface area contributed by atoms with Crippen LogP contribution in [-0.2, 0) is 0 Å². The van der Waals surface area contributed by atoms with Crippen molar-refractivity contribution in [2.45, 2.75) is 0 Å². The van der Waals surface area contributed by atoms with Gasteiger partial charge in [0.1, 0.15) is 10.6 Å². The standard InChI is InChI=1S/C17H12Cl2N2O2S/c1-23-12-6-7-13-14(8-12)24-16(15(13)19)17(22)21-20-9-10-2-4-11(18)5-3-10/h2-9H,1H3,(H,21,22). The second-order valence-electron chi connectivity index (χ2n) is 4.86. The number of benzene rings is 2. The van der Waals surface area contributed by atoms with Gasteiger partial charge in [0.2, 0.25) is 0 Å². The van der Waals surface area contributed by atoms with E-state index in [1.165, 1.54) is 11.3 Å². The molecule has 0 aliphatic heterocycles. The van der Waals surface area contributed by atoms with Crippen LogP contribution >= 0.6 is 34.5 Å². The number of ether oxygens (including phenoxy) is 1. The van der Waals surface area contributed by atoms with E-state index in [-0.39, 0.29) is 5.91 Å². The zero-order valence-corrected chi connectivity index (χ0v) is 14.9. The van der Waals surface area contributed by atoms with Crippen LogP contribution in [0.1, 0.15) is 15.2 Å². The number of hydrazone groups is 1. The lowest BCUT2D eigenvalue weighted by molar-refractivity contribution is 0.0959. The number of hydrogen-bond donors (Lipinski definition) is 1. The van der Waals surface area contributed by atoms with Gasteiger partial charge in [0.25, 0.3) is 5.91 Å². The van der Waals surface area contributed by atoms with Gasteiger partial charge >= 0.3 is 0 Å². The quantitative estimate of drug-likeness (QED) is 0.513. The van der Waals surface area contributed by atoms with E-state index < -0.39 is 0 Å². The zero-order valence-electron chi connectivity index (χ0n) is 12.5. The Labute approximate surface area is 152 Å². The molecule has 1 N–H and O–H groups in total. The van der Waals surface area contributed by atoms with E-state index in [0.29, 0.717) is 20.7 Å². The van der Waals surface area contributed by atoms with E-state index in [1.54, 1.807) is 43.7 Å². The normalized spacial score (nSPS) is 11.1. The molecule has 0 fully saturated rings. The highest BCUT2D eigenvalue weighted by Gasteiger charge is 2.17. The predicted molar refractivity (Wildman–Crippen MR) is 99.9 cm³/mol. The maximum atomic E-state index is 12.3. The van der Waals surface area contributed by atoms with E-state index in [9.17, 15) is 4.79 Å². The molecular weight excluding hydrogens is 367 g/mol. The molecule has 0 saturated carbocycles. The number of fused-ring (bicyclic) bond motifs is 1. The van der Waals surface area contributed by atoms with E-state index in [2.05, 4.69) is 10.5 Å². The topological polar surface area (TPSA) is 50.7 Å². The second-order valence-corrected chi connectivity index (χ2v) is 6.72. The third-order valence-electron chi connectivity index (χ3n) is 3.29.